The SMILES string of the molecule is CC(CCN)C(c1cc[nH]c1)N(C)C. The van der Waals surface area contributed by atoms with Crippen molar-refractivity contribution in [1.82, 2.24) is 9.88 Å². The molecule has 0 amide bonds. The molecule has 0 radical (unpaired) electrons. The first-order valence-electron chi connectivity index (χ1n) is 5.16. The van der Waals surface area contributed by atoms with Crippen molar-refractivity contribution >= 4 is 0 Å². The Bertz CT molecular complexity index is 241. The van der Waals surface area contributed by atoms with E-state index in [0.717, 1.165) is 13.0 Å². The Kier molecular flexibility index (Phi) is 4.17. The Morgan fingerprint density at radius 2 is 2.21 bits per heavy atom. The zero-order chi connectivity index (χ0) is 10.6. The molecule has 0 spiro atoms. The normalized spacial score (nSPS) is 15.8. The molecule has 0 fully saturated rings. The molecule has 1 heterocycles. The van der Waals surface area contributed by atoms with Crippen LogP contribution < -0.4 is 5.73 Å². The number of hydrogen-bond donors (Lipinski definition) is 2. The molecule has 2 unspecified atom stereocenters. The third-order valence-electron chi connectivity index (χ3n) is 2.68. The first-order chi connectivity index (χ1) is 6.66. The van der Waals surface area contributed by atoms with Crippen molar-refractivity contribution < 1.29 is 0 Å². The minimum atomic E-state index is 0.463. The molecule has 0 bridgehead atoms. The van der Waals surface area contributed by atoms with Crippen LogP contribution in [0.3, 0.4) is 0 Å². The van der Waals surface area contributed by atoms with Crippen LogP contribution in [0.4, 0.5) is 0 Å². The van der Waals surface area contributed by atoms with Crippen molar-refractivity contribution in [2.45, 2.75) is 19.4 Å². The lowest BCUT2D eigenvalue weighted by Gasteiger charge is -2.29. The molecule has 14 heavy (non-hydrogen) atoms. The maximum atomic E-state index is 5.59. The van der Waals surface area contributed by atoms with Crippen LogP contribution in [0.5, 0.6) is 0 Å². The number of rotatable bonds is 5. The summed E-state index contributed by atoms with van der Waals surface area (Å²) in [5.41, 5.74) is 6.94. The number of nitrogens with zero attached hydrogens (tertiary/aromatic N) is 1. The van der Waals surface area contributed by atoms with Gasteiger partial charge in [-0.2, -0.15) is 0 Å². The highest BCUT2D eigenvalue weighted by atomic mass is 15.1. The lowest BCUT2D eigenvalue weighted by molar-refractivity contribution is 0.217. The molecule has 2 atom stereocenters. The van der Waals surface area contributed by atoms with Gasteiger partial charge in [0.1, 0.15) is 0 Å². The average molecular weight is 195 g/mol. The van der Waals surface area contributed by atoms with Crippen molar-refractivity contribution in [2.24, 2.45) is 11.7 Å². The van der Waals surface area contributed by atoms with Crippen LogP contribution in [0.2, 0.25) is 0 Å². The van der Waals surface area contributed by atoms with Crippen LogP contribution >= 0.6 is 0 Å². The van der Waals surface area contributed by atoms with Crippen molar-refractivity contribution in [3.8, 4) is 0 Å². The minimum absolute atomic E-state index is 0.463. The van der Waals surface area contributed by atoms with E-state index in [1.165, 1.54) is 5.56 Å². The summed E-state index contributed by atoms with van der Waals surface area (Å²) in [5, 5.41) is 0. The van der Waals surface area contributed by atoms with Crippen molar-refractivity contribution in [1.29, 1.82) is 0 Å². The largest absolute Gasteiger partial charge is 0.367 e. The van der Waals surface area contributed by atoms with E-state index in [-0.39, 0.29) is 0 Å². The molecule has 80 valence electrons. The topological polar surface area (TPSA) is 45.1 Å². The van der Waals surface area contributed by atoms with E-state index in [2.05, 4.69) is 43.2 Å². The van der Waals surface area contributed by atoms with Gasteiger partial charge in [0.25, 0.3) is 0 Å². The van der Waals surface area contributed by atoms with Gasteiger partial charge in [0.05, 0.1) is 0 Å². The fourth-order valence-electron chi connectivity index (χ4n) is 2.08. The monoisotopic (exact) mass is 195 g/mol. The van der Waals surface area contributed by atoms with Crippen LogP contribution in [0.15, 0.2) is 18.5 Å². The first kappa shape index (κ1) is 11.3. The van der Waals surface area contributed by atoms with E-state index in [0.29, 0.717) is 12.0 Å². The average Bonchev–Trinajstić information content (AvgIpc) is 2.57. The summed E-state index contributed by atoms with van der Waals surface area (Å²) in [6, 6.07) is 2.60. The third-order valence-corrected chi connectivity index (χ3v) is 2.68. The second kappa shape index (κ2) is 5.17. The summed E-state index contributed by atoms with van der Waals surface area (Å²) in [6.45, 7) is 3.01. The number of aromatic amines is 1. The van der Waals surface area contributed by atoms with E-state index < -0.39 is 0 Å². The molecule has 0 aliphatic carbocycles. The predicted molar refractivity (Wildman–Crippen MR) is 60.1 cm³/mol. The van der Waals surface area contributed by atoms with Gasteiger partial charge in [-0.05, 0) is 44.6 Å². The first-order valence-corrected chi connectivity index (χ1v) is 5.16. The third kappa shape index (κ3) is 2.59. The smallest absolute Gasteiger partial charge is 0.0382 e. The molecule has 1 aromatic rings. The molecule has 0 aliphatic rings. The van der Waals surface area contributed by atoms with E-state index in [1.54, 1.807) is 0 Å². The Hall–Kier alpha value is -0.800. The van der Waals surface area contributed by atoms with Crippen LogP contribution in [-0.4, -0.2) is 30.5 Å². The van der Waals surface area contributed by atoms with Gasteiger partial charge in [-0.25, -0.2) is 0 Å². The van der Waals surface area contributed by atoms with E-state index in [1.807, 2.05) is 6.20 Å². The Morgan fingerprint density at radius 3 is 2.64 bits per heavy atom. The van der Waals surface area contributed by atoms with E-state index in [4.69, 9.17) is 5.73 Å². The fourth-order valence-corrected chi connectivity index (χ4v) is 2.08. The van der Waals surface area contributed by atoms with Crippen LogP contribution in [-0.2, 0) is 0 Å². The van der Waals surface area contributed by atoms with Gasteiger partial charge in [0, 0.05) is 18.4 Å². The summed E-state index contributed by atoms with van der Waals surface area (Å²) in [5.74, 6) is 0.589. The van der Waals surface area contributed by atoms with Crippen molar-refractivity contribution in [2.75, 3.05) is 20.6 Å². The Morgan fingerprint density at radius 1 is 1.50 bits per heavy atom. The fraction of sp³-hybridized carbons (Fsp3) is 0.636. The quantitative estimate of drug-likeness (QED) is 0.749. The van der Waals surface area contributed by atoms with Gasteiger partial charge >= 0.3 is 0 Å². The number of hydrogen-bond acceptors (Lipinski definition) is 2. The summed E-state index contributed by atoms with van der Waals surface area (Å²) >= 11 is 0. The number of aromatic nitrogens is 1. The van der Waals surface area contributed by atoms with Gasteiger partial charge in [0.2, 0.25) is 0 Å². The van der Waals surface area contributed by atoms with Crippen LogP contribution in [0, 0.1) is 5.92 Å². The zero-order valence-electron chi connectivity index (χ0n) is 9.33. The molecule has 3 nitrogen and oxygen atoms in total. The highest BCUT2D eigenvalue weighted by molar-refractivity contribution is 5.14. The van der Waals surface area contributed by atoms with Crippen LogP contribution in [0.25, 0.3) is 0 Å². The molecule has 3 N–H and O–H groups in total. The summed E-state index contributed by atoms with van der Waals surface area (Å²) in [7, 11) is 4.23. The highest BCUT2D eigenvalue weighted by Gasteiger charge is 2.20. The Labute approximate surface area is 86.3 Å². The molecule has 3 heteroatoms. The summed E-state index contributed by atoms with van der Waals surface area (Å²) < 4.78 is 0. The second-order valence-corrected chi connectivity index (χ2v) is 4.11. The molecule has 0 aromatic carbocycles. The van der Waals surface area contributed by atoms with Crippen LogP contribution in [0.1, 0.15) is 24.9 Å². The molecular weight excluding hydrogens is 174 g/mol. The molecule has 1 aromatic heterocycles. The summed E-state index contributed by atoms with van der Waals surface area (Å²) in [6.07, 6.45) is 5.10. The molecule has 0 saturated carbocycles. The molecule has 0 saturated heterocycles. The molecule has 0 aliphatic heterocycles. The number of nitrogens with two attached hydrogens (primary N) is 1. The maximum Gasteiger partial charge on any atom is 0.0382 e. The predicted octanol–water partition coefficient (Wildman–Crippen LogP) is 1.60. The Balaban J connectivity index is 2.74. The van der Waals surface area contributed by atoms with Gasteiger partial charge < -0.3 is 15.6 Å². The van der Waals surface area contributed by atoms with Gasteiger partial charge in [0.15, 0.2) is 0 Å². The number of nitrogens with one attached hydrogen (secondary N) is 1. The number of H-pyrrole nitrogens is 1. The highest BCUT2D eigenvalue weighted by Crippen LogP contribution is 2.27. The lowest BCUT2D eigenvalue weighted by Crippen LogP contribution is -2.27. The van der Waals surface area contributed by atoms with Gasteiger partial charge in [-0.3, -0.25) is 0 Å². The van der Waals surface area contributed by atoms with Gasteiger partial charge in [-0.15, -0.1) is 0 Å². The van der Waals surface area contributed by atoms with E-state index in [9.17, 15) is 0 Å². The lowest BCUT2D eigenvalue weighted by atomic mass is 9.93. The van der Waals surface area contributed by atoms with Crippen molar-refractivity contribution in [3.05, 3.63) is 24.0 Å². The maximum absolute atomic E-state index is 5.59. The standard InChI is InChI=1S/C11H21N3/c1-9(4-6-12)11(14(2)3)10-5-7-13-8-10/h5,7-9,11,13H,4,6,12H2,1-3H3. The summed E-state index contributed by atoms with van der Waals surface area (Å²) in [4.78, 5) is 5.36. The second-order valence-electron chi connectivity index (χ2n) is 4.11. The zero-order valence-corrected chi connectivity index (χ0v) is 9.33. The molecule has 1 rings (SSSR count). The minimum Gasteiger partial charge on any atom is -0.367 e. The molecular formula is C11H21N3. The van der Waals surface area contributed by atoms with E-state index >= 15 is 0 Å². The van der Waals surface area contributed by atoms with Gasteiger partial charge in [-0.1, -0.05) is 6.92 Å². The van der Waals surface area contributed by atoms with Crippen molar-refractivity contribution in [3.63, 3.8) is 0 Å².